The van der Waals surface area contributed by atoms with Crippen molar-refractivity contribution in [2.24, 2.45) is 0 Å². The average Bonchev–Trinajstić information content (AvgIpc) is 3.22. The maximum absolute atomic E-state index is 15.4. The Morgan fingerprint density at radius 3 is 2.83 bits per heavy atom. The third-order valence-electron chi connectivity index (χ3n) is 5.36. The number of hydrogen-bond acceptors (Lipinski definition) is 6. The molecule has 3 aromatic rings. The molecule has 4 atom stereocenters. The van der Waals surface area contributed by atoms with Crippen LogP contribution in [-0.4, -0.2) is 56.3 Å². The summed E-state index contributed by atoms with van der Waals surface area (Å²) in [6, 6.07) is 7.35. The summed E-state index contributed by atoms with van der Waals surface area (Å²) >= 11 is 0. The van der Waals surface area contributed by atoms with Crippen LogP contribution in [0.1, 0.15) is 30.0 Å². The number of aliphatic hydroxyl groups excluding tert-OH is 2. The smallest absolute Gasteiger partial charge is 0.181 e. The van der Waals surface area contributed by atoms with Crippen molar-refractivity contribution in [2.75, 3.05) is 13.7 Å². The highest BCUT2D eigenvalue weighted by Crippen LogP contribution is 2.43. The second kappa shape index (κ2) is 7.69. The van der Waals surface area contributed by atoms with Crippen LogP contribution in [0.3, 0.4) is 0 Å². The fourth-order valence-electron chi connectivity index (χ4n) is 3.71. The molecule has 0 aliphatic carbocycles. The maximum atomic E-state index is 15.4. The number of methoxy groups -OCH3 is 1. The zero-order valence-corrected chi connectivity index (χ0v) is 16.8. The molecule has 4 rings (SSSR count). The molecule has 7 nitrogen and oxygen atoms in total. The van der Waals surface area contributed by atoms with Crippen LogP contribution in [0.4, 0.5) is 4.39 Å². The molecule has 30 heavy (non-hydrogen) atoms. The van der Waals surface area contributed by atoms with E-state index in [2.05, 4.69) is 21.8 Å². The molecule has 156 valence electrons. The highest BCUT2D eigenvalue weighted by molar-refractivity contribution is 5.86. The molecule has 0 unspecified atom stereocenters. The van der Waals surface area contributed by atoms with Crippen LogP contribution < -0.4 is 4.74 Å². The van der Waals surface area contributed by atoms with Gasteiger partial charge in [0.1, 0.15) is 29.9 Å². The average molecular weight is 411 g/mol. The minimum absolute atomic E-state index is 0.442. The molecule has 8 heteroatoms. The molecule has 1 aliphatic heterocycles. The molecule has 0 bridgehead atoms. The van der Waals surface area contributed by atoms with Gasteiger partial charge >= 0.3 is 0 Å². The number of benzene rings is 1. The van der Waals surface area contributed by atoms with Crippen molar-refractivity contribution in [1.82, 2.24) is 14.5 Å². The second-order valence-corrected chi connectivity index (χ2v) is 7.40. The molecule has 0 saturated carbocycles. The van der Waals surface area contributed by atoms with E-state index in [4.69, 9.17) is 9.47 Å². The Hall–Kier alpha value is -2.99. The largest absolute Gasteiger partial charge is 0.497 e. The summed E-state index contributed by atoms with van der Waals surface area (Å²) in [5, 5.41) is 20.3. The number of hydrogen-bond donors (Lipinski definition) is 2. The van der Waals surface area contributed by atoms with Crippen molar-refractivity contribution in [3.05, 3.63) is 53.6 Å². The Morgan fingerprint density at radius 2 is 2.13 bits per heavy atom. The molecular weight excluding hydrogens is 389 g/mol. The first-order valence-electron chi connectivity index (χ1n) is 9.48. The molecule has 0 radical (unpaired) electrons. The van der Waals surface area contributed by atoms with Gasteiger partial charge < -0.3 is 24.3 Å². The predicted octanol–water partition coefficient (Wildman–Crippen LogP) is 2.13. The molecule has 1 saturated heterocycles. The summed E-state index contributed by atoms with van der Waals surface area (Å²) in [5.41, 5.74) is 0.360. The van der Waals surface area contributed by atoms with Crippen LogP contribution in [0.25, 0.3) is 11.0 Å². The van der Waals surface area contributed by atoms with Gasteiger partial charge in [-0.3, -0.25) is 0 Å². The van der Waals surface area contributed by atoms with Gasteiger partial charge in [-0.15, -0.1) is 0 Å². The highest BCUT2D eigenvalue weighted by Gasteiger charge is 2.55. The van der Waals surface area contributed by atoms with Gasteiger partial charge in [-0.25, -0.2) is 14.4 Å². The van der Waals surface area contributed by atoms with E-state index in [0.29, 0.717) is 28.0 Å². The highest BCUT2D eigenvalue weighted by atomic mass is 19.1. The second-order valence-electron chi connectivity index (χ2n) is 7.40. The lowest BCUT2D eigenvalue weighted by atomic mass is 9.98. The number of ether oxygens (including phenoxy) is 2. The van der Waals surface area contributed by atoms with Gasteiger partial charge in [-0.05, 0) is 32.0 Å². The van der Waals surface area contributed by atoms with Gasteiger partial charge in [0, 0.05) is 11.8 Å². The lowest BCUT2D eigenvalue weighted by Gasteiger charge is -2.25. The standard InChI is InChI=1S/C22H22FN3O4/c1-13-18-15(8-7-14-5-4-6-16(9-14)29-3)10-26(20(18)25-12-24-13)21-22(2,23)19(28)17(11-27)30-21/h4-6,9-10,12,17,19,21,27-28H,11H2,1-3H3/t17-,19-,21-,22-/m1/s1. The zero-order chi connectivity index (χ0) is 21.5. The summed E-state index contributed by atoms with van der Waals surface area (Å²) in [5.74, 6) is 6.89. The Morgan fingerprint density at radius 1 is 1.33 bits per heavy atom. The number of aryl methyl sites for hydroxylation is 1. The Balaban J connectivity index is 1.83. The summed E-state index contributed by atoms with van der Waals surface area (Å²) < 4.78 is 27.7. The third kappa shape index (κ3) is 3.31. The van der Waals surface area contributed by atoms with Gasteiger partial charge in [-0.1, -0.05) is 17.9 Å². The normalized spacial score (nSPS) is 25.9. The van der Waals surface area contributed by atoms with Crippen LogP contribution in [-0.2, 0) is 4.74 Å². The van der Waals surface area contributed by atoms with Crippen molar-refractivity contribution < 1.29 is 24.1 Å². The van der Waals surface area contributed by atoms with Crippen molar-refractivity contribution in [3.8, 4) is 17.6 Å². The molecular formula is C22H22FN3O4. The van der Waals surface area contributed by atoms with Crippen molar-refractivity contribution >= 4 is 11.0 Å². The number of alkyl halides is 1. The van der Waals surface area contributed by atoms with Gasteiger partial charge in [0.2, 0.25) is 0 Å². The van der Waals surface area contributed by atoms with Gasteiger partial charge in [0.25, 0.3) is 0 Å². The molecule has 2 aromatic heterocycles. The summed E-state index contributed by atoms with van der Waals surface area (Å²) in [4.78, 5) is 8.54. The number of aromatic nitrogens is 3. The molecule has 1 fully saturated rings. The number of aliphatic hydroxyl groups is 2. The van der Waals surface area contributed by atoms with E-state index in [1.54, 1.807) is 13.3 Å². The SMILES string of the molecule is COc1cccc(C#Cc2cn([C@@H]3O[C@H](CO)[C@@H](O)[C@@]3(C)F)c3ncnc(C)c23)c1. The molecule has 2 N–H and O–H groups in total. The molecule has 1 aromatic carbocycles. The van der Waals surface area contributed by atoms with E-state index in [0.717, 1.165) is 5.56 Å². The van der Waals surface area contributed by atoms with E-state index >= 15 is 4.39 Å². The van der Waals surface area contributed by atoms with Crippen LogP contribution in [0, 0.1) is 18.8 Å². The fraction of sp³-hybridized carbons (Fsp3) is 0.364. The van der Waals surface area contributed by atoms with Gasteiger partial charge in [0.15, 0.2) is 11.9 Å². The van der Waals surface area contributed by atoms with E-state index in [1.807, 2.05) is 31.2 Å². The monoisotopic (exact) mass is 411 g/mol. The van der Waals surface area contributed by atoms with E-state index < -0.39 is 30.7 Å². The summed E-state index contributed by atoms with van der Waals surface area (Å²) in [7, 11) is 1.59. The minimum Gasteiger partial charge on any atom is -0.497 e. The van der Waals surface area contributed by atoms with E-state index in [1.165, 1.54) is 17.8 Å². The third-order valence-corrected chi connectivity index (χ3v) is 5.36. The molecule has 0 spiro atoms. The van der Waals surface area contributed by atoms with Crippen LogP contribution in [0.15, 0.2) is 36.8 Å². The summed E-state index contributed by atoms with van der Waals surface area (Å²) in [6.07, 6.45) is -0.642. The van der Waals surface area contributed by atoms with Crippen LogP contribution >= 0.6 is 0 Å². The fourth-order valence-corrected chi connectivity index (χ4v) is 3.71. The van der Waals surface area contributed by atoms with E-state index in [9.17, 15) is 10.2 Å². The first-order valence-corrected chi connectivity index (χ1v) is 9.48. The Bertz CT molecular complexity index is 1150. The summed E-state index contributed by atoms with van der Waals surface area (Å²) in [6.45, 7) is 2.58. The lowest BCUT2D eigenvalue weighted by Crippen LogP contribution is -2.40. The number of nitrogens with zero attached hydrogens (tertiary/aromatic N) is 3. The quantitative estimate of drug-likeness (QED) is 0.642. The maximum Gasteiger partial charge on any atom is 0.181 e. The van der Waals surface area contributed by atoms with Gasteiger partial charge in [-0.2, -0.15) is 0 Å². The first-order chi connectivity index (χ1) is 14.4. The van der Waals surface area contributed by atoms with Crippen LogP contribution in [0.2, 0.25) is 0 Å². The van der Waals surface area contributed by atoms with E-state index in [-0.39, 0.29) is 0 Å². The Labute approximate surface area is 173 Å². The number of fused-ring (bicyclic) bond motifs is 1. The minimum atomic E-state index is -2.13. The predicted molar refractivity (Wildman–Crippen MR) is 108 cm³/mol. The molecule has 1 aliphatic rings. The van der Waals surface area contributed by atoms with Crippen molar-refractivity contribution in [2.45, 2.75) is 38.0 Å². The topological polar surface area (TPSA) is 89.6 Å². The molecule has 0 amide bonds. The number of rotatable bonds is 3. The first kappa shape index (κ1) is 20.3. The Kier molecular flexibility index (Phi) is 5.20. The molecule has 3 heterocycles. The lowest BCUT2D eigenvalue weighted by molar-refractivity contribution is -0.0564. The van der Waals surface area contributed by atoms with Crippen molar-refractivity contribution in [1.29, 1.82) is 0 Å². The van der Waals surface area contributed by atoms with Crippen LogP contribution in [0.5, 0.6) is 5.75 Å². The van der Waals surface area contributed by atoms with Crippen molar-refractivity contribution in [3.63, 3.8) is 0 Å². The zero-order valence-electron chi connectivity index (χ0n) is 16.8. The van der Waals surface area contributed by atoms with Gasteiger partial charge in [0.05, 0.1) is 30.4 Å². The number of halogens is 1.